The molecule has 0 spiro atoms. The van der Waals surface area contributed by atoms with E-state index in [4.69, 9.17) is 4.74 Å². The molecule has 0 bridgehead atoms. The summed E-state index contributed by atoms with van der Waals surface area (Å²) in [6.07, 6.45) is 5.36. The molecular weight excluding hydrogens is 407 g/mol. The van der Waals surface area contributed by atoms with E-state index in [9.17, 15) is 5.11 Å². The predicted molar refractivity (Wildman–Crippen MR) is 105 cm³/mol. The van der Waals surface area contributed by atoms with Crippen LogP contribution >= 0.6 is 24.0 Å². The first kappa shape index (κ1) is 20.9. The first-order chi connectivity index (χ1) is 10.7. The van der Waals surface area contributed by atoms with Crippen LogP contribution in [-0.4, -0.2) is 74.0 Å². The summed E-state index contributed by atoms with van der Waals surface area (Å²) in [4.78, 5) is 7.07. The molecule has 6 nitrogen and oxygen atoms in total. The average molecular weight is 440 g/mol. The third-order valence-corrected chi connectivity index (χ3v) is 4.47. The molecule has 0 radical (unpaired) electrons. The number of ether oxygens (including phenoxy) is 1. The molecule has 0 aromatic rings. The Morgan fingerprint density at radius 2 is 1.87 bits per heavy atom. The first-order valence-electron chi connectivity index (χ1n) is 8.76. The van der Waals surface area contributed by atoms with Crippen LogP contribution in [0.25, 0.3) is 0 Å². The summed E-state index contributed by atoms with van der Waals surface area (Å²) >= 11 is 0. The Bertz CT molecular complexity index is 343. The Morgan fingerprint density at radius 1 is 1.17 bits per heavy atom. The van der Waals surface area contributed by atoms with Gasteiger partial charge in [0.15, 0.2) is 5.96 Å². The summed E-state index contributed by atoms with van der Waals surface area (Å²) < 4.78 is 5.31. The fourth-order valence-electron chi connectivity index (χ4n) is 2.99. The zero-order valence-corrected chi connectivity index (χ0v) is 16.7. The van der Waals surface area contributed by atoms with Crippen LogP contribution in [0.1, 0.15) is 39.0 Å². The molecule has 23 heavy (non-hydrogen) atoms. The molecule has 0 atom stereocenters. The number of piperidine rings is 1. The number of hydrogen-bond donors (Lipinski definition) is 3. The number of nitrogens with zero attached hydrogens (tertiary/aromatic N) is 2. The molecule has 2 saturated heterocycles. The Kier molecular flexibility index (Phi) is 10.4. The van der Waals surface area contributed by atoms with Crippen molar-refractivity contribution < 1.29 is 9.84 Å². The highest BCUT2D eigenvalue weighted by atomic mass is 127. The highest BCUT2D eigenvalue weighted by Crippen LogP contribution is 2.20. The number of nitrogens with one attached hydrogen (secondary N) is 2. The first-order valence-corrected chi connectivity index (χ1v) is 8.76. The van der Waals surface area contributed by atoms with E-state index >= 15 is 0 Å². The minimum absolute atomic E-state index is 0. The van der Waals surface area contributed by atoms with Crippen LogP contribution in [0, 0.1) is 0 Å². The maximum absolute atomic E-state index is 10.5. The van der Waals surface area contributed by atoms with Crippen molar-refractivity contribution in [2.24, 2.45) is 4.99 Å². The highest BCUT2D eigenvalue weighted by molar-refractivity contribution is 14.0. The minimum Gasteiger partial charge on any atom is -0.388 e. The lowest BCUT2D eigenvalue weighted by Crippen LogP contribution is -2.44. The minimum atomic E-state index is -0.701. The lowest BCUT2D eigenvalue weighted by molar-refractivity contribution is -0.0565. The topological polar surface area (TPSA) is 69.1 Å². The predicted octanol–water partition coefficient (Wildman–Crippen LogP) is 1.19. The molecule has 0 aromatic heterocycles. The zero-order valence-electron chi connectivity index (χ0n) is 14.4. The van der Waals surface area contributed by atoms with Crippen LogP contribution < -0.4 is 10.6 Å². The van der Waals surface area contributed by atoms with Gasteiger partial charge in [-0.2, -0.15) is 0 Å². The molecule has 2 heterocycles. The Hall–Kier alpha value is -0.120. The monoisotopic (exact) mass is 440 g/mol. The SMILES string of the molecule is CCNC(=NCC1(O)CCOCC1)NCCN1CCCCC1.I. The van der Waals surface area contributed by atoms with Gasteiger partial charge in [-0.25, -0.2) is 0 Å². The van der Waals surface area contributed by atoms with Gasteiger partial charge in [0, 0.05) is 45.7 Å². The van der Waals surface area contributed by atoms with Crippen molar-refractivity contribution in [2.45, 2.75) is 44.6 Å². The van der Waals surface area contributed by atoms with E-state index in [-0.39, 0.29) is 24.0 Å². The molecule has 2 aliphatic rings. The fourth-order valence-corrected chi connectivity index (χ4v) is 2.99. The summed E-state index contributed by atoms with van der Waals surface area (Å²) in [5.74, 6) is 0.805. The van der Waals surface area contributed by atoms with Gasteiger partial charge in [0.2, 0.25) is 0 Å². The Morgan fingerprint density at radius 3 is 2.52 bits per heavy atom. The lowest BCUT2D eigenvalue weighted by atomic mass is 9.95. The third-order valence-electron chi connectivity index (χ3n) is 4.47. The number of hydrogen-bond acceptors (Lipinski definition) is 4. The second-order valence-electron chi connectivity index (χ2n) is 6.36. The summed E-state index contributed by atoms with van der Waals surface area (Å²) in [6, 6.07) is 0. The standard InChI is InChI=1S/C16H32N4O2.HI/c1-2-17-15(18-8-11-20-9-4-3-5-10-20)19-14-16(21)6-12-22-13-7-16;/h21H,2-14H2,1H3,(H2,17,18,19);1H. The molecule has 2 rings (SSSR count). The molecule has 0 unspecified atom stereocenters. The molecule has 0 saturated carbocycles. The summed E-state index contributed by atoms with van der Waals surface area (Å²) in [5, 5.41) is 17.1. The molecule has 0 aliphatic carbocycles. The van der Waals surface area contributed by atoms with E-state index in [1.54, 1.807) is 0 Å². The van der Waals surface area contributed by atoms with E-state index in [0.29, 0.717) is 32.6 Å². The molecule has 0 amide bonds. The number of guanidine groups is 1. The van der Waals surface area contributed by atoms with Gasteiger partial charge < -0.3 is 25.4 Å². The van der Waals surface area contributed by atoms with Crippen LogP contribution in [0.5, 0.6) is 0 Å². The summed E-state index contributed by atoms with van der Waals surface area (Å²) in [6.45, 7) is 8.98. The van der Waals surface area contributed by atoms with Gasteiger partial charge in [-0.3, -0.25) is 4.99 Å². The van der Waals surface area contributed by atoms with E-state index in [0.717, 1.165) is 25.6 Å². The Balaban J connectivity index is 0.00000264. The van der Waals surface area contributed by atoms with Crippen LogP contribution in [0.4, 0.5) is 0 Å². The molecular formula is C16H33IN4O2. The molecule has 7 heteroatoms. The van der Waals surface area contributed by atoms with Crippen molar-refractivity contribution in [1.29, 1.82) is 0 Å². The summed E-state index contributed by atoms with van der Waals surface area (Å²) in [5.41, 5.74) is -0.701. The number of likely N-dealkylation sites (tertiary alicyclic amines) is 1. The number of aliphatic imine (C=N–C) groups is 1. The number of halogens is 1. The molecule has 0 aromatic carbocycles. The largest absolute Gasteiger partial charge is 0.388 e. The van der Waals surface area contributed by atoms with Crippen LogP contribution in [0.15, 0.2) is 4.99 Å². The van der Waals surface area contributed by atoms with Gasteiger partial charge in [0.25, 0.3) is 0 Å². The van der Waals surface area contributed by atoms with Gasteiger partial charge in [-0.1, -0.05) is 6.42 Å². The van der Waals surface area contributed by atoms with Crippen molar-refractivity contribution in [3.8, 4) is 0 Å². The van der Waals surface area contributed by atoms with Crippen molar-refractivity contribution in [1.82, 2.24) is 15.5 Å². The maximum Gasteiger partial charge on any atom is 0.191 e. The quantitative estimate of drug-likeness (QED) is 0.329. The van der Waals surface area contributed by atoms with Crippen LogP contribution in [0.3, 0.4) is 0 Å². The molecule has 2 aliphatic heterocycles. The maximum atomic E-state index is 10.5. The van der Waals surface area contributed by atoms with Crippen LogP contribution in [0.2, 0.25) is 0 Å². The average Bonchev–Trinajstić information content (AvgIpc) is 2.54. The van der Waals surface area contributed by atoms with Crippen molar-refractivity contribution in [3.05, 3.63) is 0 Å². The molecule has 2 fully saturated rings. The molecule has 3 N–H and O–H groups in total. The zero-order chi connectivity index (χ0) is 15.7. The van der Waals surface area contributed by atoms with E-state index in [1.807, 2.05) is 0 Å². The van der Waals surface area contributed by atoms with E-state index in [2.05, 4.69) is 27.4 Å². The second-order valence-corrected chi connectivity index (χ2v) is 6.36. The van der Waals surface area contributed by atoms with Crippen molar-refractivity contribution in [2.75, 3.05) is 52.5 Å². The highest BCUT2D eigenvalue weighted by Gasteiger charge is 2.29. The lowest BCUT2D eigenvalue weighted by Gasteiger charge is -2.30. The molecule has 136 valence electrons. The third kappa shape index (κ3) is 8.00. The Labute approximate surface area is 157 Å². The van der Waals surface area contributed by atoms with Gasteiger partial charge in [0.05, 0.1) is 12.1 Å². The summed E-state index contributed by atoms with van der Waals surface area (Å²) in [7, 11) is 0. The smallest absolute Gasteiger partial charge is 0.191 e. The number of aliphatic hydroxyl groups is 1. The van der Waals surface area contributed by atoms with Crippen molar-refractivity contribution >= 4 is 29.9 Å². The van der Waals surface area contributed by atoms with Gasteiger partial charge in [-0.05, 0) is 32.9 Å². The van der Waals surface area contributed by atoms with Gasteiger partial charge >= 0.3 is 0 Å². The van der Waals surface area contributed by atoms with E-state index < -0.39 is 5.60 Å². The van der Waals surface area contributed by atoms with Crippen molar-refractivity contribution in [3.63, 3.8) is 0 Å². The normalized spacial score (nSPS) is 22.3. The second kappa shape index (κ2) is 11.4. The van der Waals surface area contributed by atoms with Crippen LogP contribution in [-0.2, 0) is 4.74 Å². The van der Waals surface area contributed by atoms with Gasteiger partial charge in [-0.15, -0.1) is 24.0 Å². The van der Waals surface area contributed by atoms with E-state index in [1.165, 1.54) is 32.4 Å². The fraction of sp³-hybridized carbons (Fsp3) is 0.938. The van der Waals surface area contributed by atoms with Gasteiger partial charge in [0.1, 0.15) is 0 Å². The number of rotatable bonds is 6.